The van der Waals surface area contributed by atoms with Gasteiger partial charge in [0.05, 0.1) is 0 Å². The molecule has 1 heterocycles. The molecule has 2 N–H and O–H groups in total. The van der Waals surface area contributed by atoms with Crippen LogP contribution in [-0.2, 0) is 0 Å². The number of rotatable bonds is 1. The van der Waals surface area contributed by atoms with Crippen molar-refractivity contribution in [3.8, 4) is 0 Å². The van der Waals surface area contributed by atoms with E-state index in [-0.39, 0.29) is 0 Å². The third kappa shape index (κ3) is 1.70. The van der Waals surface area contributed by atoms with Gasteiger partial charge in [0, 0.05) is 6.20 Å². The molecule has 0 amide bonds. The number of aryl methyl sites for hydroxylation is 1. The Kier molecular flexibility index (Phi) is 2.13. The quantitative estimate of drug-likeness (QED) is 0.665. The van der Waals surface area contributed by atoms with Crippen LogP contribution in [0.15, 0.2) is 12.3 Å². The summed E-state index contributed by atoms with van der Waals surface area (Å²) in [6.07, 6.45) is 1.84. The highest BCUT2D eigenvalue weighted by molar-refractivity contribution is 5.40. The normalized spacial score (nSPS) is 10.5. The van der Waals surface area contributed by atoms with E-state index in [1.54, 1.807) is 0 Å². The fourth-order valence-electron chi connectivity index (χ4n) is 0.923. The molecular formula is C9H14N2. The summed E-state index contributed by atoms with van der Waals surface area (Å²) >= 11 is 0. The van der Waals surface area contributed by atoms with Crippen LogP contribution in [0.1, 0.15) is 30.9 Å². The minimum absolute atomic E-state index is 0.529. The summed E-state index contributed by atoms with van der Waals surface area (Å²) in [6.45, 7) is 6.27. The smallest absolute Gasteiger partial charge is 0.126 e. The second-order valence-corrected chi connectivity index (χ2v) is 3.13. The first-order valence-electron chi connectivity index (χ1n) is 3.83. The number of nitrogens with two attached hydrogens (primary N) is 1. The molecule has 11 heavy (non-hydrogen) atoms. The predicted octanol–water partition coefficient (Wildman–Crippen LogP) is 2.10. The monoisotopic (exact) mass is 150 g/mol. The van der Waals surface area contributed by atoms with Crippen LogP contribution in [0, 0.1) is 6.92 Å². The highest BCUT2D eigenvalue weighted by atomic mass is 14.8. The molecule has 0 aliphatic carbocycles. The van der Waals surface area contributed by atoms with Crippen molar-refractivity contribution >= 4 is 5.82 Å². The van der Waals surface area contributed by atoms with E-state index in [0.717, 1.165) is 5.56 Å². The number of pyridine rings is 1. The van der Waals surface area contributed by atoms with Gasteiger partial charge >= 0.3 is 0 Å². The van der Waals surface area contributed by atoms with Gasteiger partial charge in [-0.25, -0.2) is 4.98 Å². The molecule has 0 aromatic carbocycles. The largest absolute Gasteiger partial charge is 0.383 e. The maximum absolute atomic E-state index is 5.58. The van der Waals surface area contributed by atoms with E-state index >= 15 is 0 Å². The number of nitrogens with zero attached hydrogens (tertiary/aromatic N) is 1. The zero-order valence-corrected chi connectivity index (χ0v) is 7.26. The molecule has 1 aromatic heterocycles. The Balaban J connectivity index is 3.05. The molecule has 0 fully saturated rings. The van der Waals surface area contributed by atoms with Crippen molar-refractivity contribution in [1.82, 2.24) is 4.98 Å². The Morgan fingerprint density at radius 1 is 1.45 bits per heavy atom. The van der Waals surface area contributed by atoms with Gasteiger partial charge in [0.2, 0.25) is 0 Å². The van der Waals surface area contributed by atoms with Gasteiger partial charge in [-0.2, -0.15) is 0 Å². The summed E-state index contributed by atoms with van der Waals surface area (Å²) in [6, 6.07) is 2.09. The van der Waals surface area contributed by atoms with Crippen LogP contribution in [0.4, 0.5) is 5.82 Å². The average molecular weight is 150 g/mol. The molecule has 1 rings (SSSR count). The average Bonchev–Trinajstić information content (AvgIpc) is 1.94. The van der Waals surface area contributed by atoms with Gasteiger partial charge in [0.25, 0.3) is 0 Å². The Labute approximate surface area is 67.5 Å². The second-order valence-electron chi connectivity index (χ2n) is 3.13. The van der Waals surface area contributed by atoms with Crippen molar-refractivity contribution in [1.29, 1.82) is 0 Å². The van der Waals surface area contributed by atoms with Crippen LogP contribution < -0.4 is 5.73 Å². The summed E-state index contributed by atoms with van der Waals surface area (Å²) in [7, 11) is 0. The second kappa shape index (κ2) is 2.91. The van der Waals surface area contributed by atoms with Gasteiger partial charge in [-0.05, 0) is 24.0 Å². The van der Waals surface area contributed by atoms with Crippen LogP contribution in [-0.4, -0.2) is 4.98 Å². The van der Waals surface area contributed by atoms with Crippen LogP contribution in [0.2, 0.25) is 0 Å². The fourth-order valence-corrected chi connectivity index (χ4v) is 0.923. The van der Waals surface area contributed by atoms with Gasteiger partial charge in [-0.3, -0.25) is 0 Å². The summed E-state index contributed by atoms with van der Waals surface area (Å²) in [5.41, 5.74) is 7.89. The van der Waals surface area contributed by atoms with E-state index in [0.29, 0.717) is 11.7 Å². The third-order valence-corrected chi connectivity index (χ3v) is 1.81. The molecular weight excluding hydrogens is 136 g/mol. The topological polar surface area (TPSA) is 38.9 Å². The summed E-state index contributed by atoms with van der Waals surface area (Å²) in [5.74, 6) is 1.16. The van der Waals surface area contributed by atoms with Crippen LogP contribution in [0.25, 0.3) is 0 Å². The van der Waals surface area contributed by atoms with Gasteiger partial charge in [0.1, 0.15) is 5.82 Å². The zero-order valence-electron chi connectivity index (χ0n) is 7.26. The van der Waals surface area contributed by atoms with Crippen molar-refractivity contribution in [3.63, 3.8) is 0 Å². The molecule has 0 bridgehead atoms. The highest BCUT2D eigenvalue weighted by Gasteiger charge is 2.00. The molecule has 0 saturated carbocycles. The lowest BCUT2D eigenvalue weighted by Crippen LogP contribution is -1.96. The Morgan fingerprint density at radius 3 is 2.55 bits per heavy atom. The molecule has 2 nitrogen and oxygen atoms in total. The summed E-state index contributed by atoms with van der Waals surface area (Å²) in [4.78, 5) is 4.08. The van der Waals surface area contributed by atoms with Gasteiger partial charge in [-0.15, -0.1) is 0 Å². The van der Waals surface area contributed by atoms with E-state index in [9.17, 15) is 0 Å². The Bertz CT molecular complexity index is 254. The minimum atomic E-state index is 0.529. The maximum Gasteiger partial charge on any atom is 0.126 e. The number of nitrogen functional groups attached to an aromatic ring is 1. The molecule has 1 aromatic rings. The molecule has 0 aliphatic rings. The molecule has 0 aliphatic heterocycles. The van der Waals surface area contributed by atoms with Crippen molar-refractivity contribution in [3.05, 3.63) is 23.4 Å². The van der Waals surface area contributed by atoms with Crippen molar-refractivity contribution < 1.29 is 0 Å². The first kappa shape index (κ1) is 8.05. The standard InChI is InChI=1S/C9H14N2/c1-6(2)8-4-7(3)9(10)11-5-8/h4-6H,1-3H3,(H2,10,11). The lowest BCUT2D eigenvalue weighted by atomic mass is 10.0. The fraction of sp³-hybridized carbons (Fsp3) is 0.444. The number of aromatic nitrogens is 1. The predicted molar refractivity (Wildman–Crippen MR) is 47.5 cm³/mol. The van der Waals surface area contributed by atoms with Crippen LogP contribution in [0.5, 0.6) is 0 Å². The van der Waals surface area contributed by atoms with Gasteiger partial charge in [0.15, 0.2) is 0 Å². The SMILES string of the molecule is Cc1cc(C(C)C)cnc1N. The van der Waals surface area contributed by atoms with Crippen molar-refractivity contribution in [2.24, 2.45) is 0 Å². The minimum Gasteiger partial charge on any atom is -0.383 e. The molecule has 0 unspecified atom stereocenters. The number of anilines is 1. The first-order chi connectivity index (χ1) is 5.11. The van der Waals surface area contributed by atoms with E-state index in [2.05, 4.69) is 24.9 Å². The summed E-state index contributed by atoms with van der Waals surface area (Å²) < 4.78 is 0. The lowest BCUT2D eigenvalue weighted by Gasteiger charge is -2.06. The zero-order chi connectivity index (χ0) is 8.43. The van der Waals surface area contributed by atoms with E-state index in [4.69, 9.17) is 5.73 Å². The first-order valence-corrected chi connectivity index (χ1v) is 3.83. The summed E-state index contributed by atoms with van der Waals surface area (Å²) in [5, 5.41) is 0. The Morgan fingerprint density at radius 2 is 2.09 bits per heavy atom. The molecule has 60 valence electrons. The molecule has 2 heteroatoms. The molecule has 0 saturated heterocycles. The van der Waals surface area contributed by atoms with E-state index in [1.165, 1.54) is 5.56 Å². The van der Waals surface area contributed by atoms with Crippen LogP contribution >= 0.6 is 0 Å². The van der Waals surface area contributed by atoms with E-state index < -0.39 is 0 Å². The lowest BCUT2D eigenvalue weighted by molar-refractivity contribution is 0.856. The number of hydrogen-bond donors (Lipinski definition) is 1. The van der Waals surface area contributed by atoms with Gasteiger partial charge in [-0.1, -0.05) is 19.9 Å². The van der Waals surface area contributed by atoms with Crippen LogP contribution in [0.3, 0.4) is 0 Å². The highest BCUT2D eigenvalue weighted by Crippen LogP contribution is 2.16. The Hall–Kier alpha value is -1.05. The van der Waals surface area contributed by atoms with Crippen molar-refractivity contribution in [2.75, 3.05) is 5.73 Å². The van der Waals surface area contributed by atoms with Crippen molar-refractivity contribution in [2.45, 2.75) is 26.7 Å². The molecule has 0 spiro atoms. The van der Waals surface area contributed by atoms with E-state index in [1.807, 2.05) is 13.1 Å². The molecule has 0 atom stereocenters. The molecule has 0 radical (unpaired) electrons. The third-order valence-electron chi connectivity index (χ3n) is 1.81. The van der Waals surface area contributed by atoms with Gasteiger partial charge < -0.3 is 5.73 Å². The number of hydrogen-bond acceptors (Lipinski definition) is 2. The maximum atomic E-state index is 5.58.